The molecule has 6 nitrogen and oxygen atoms in total. The Labute approximate surface area is 154 Å². The van der Waals surface area contributed by atoms with Crippen molar-refractivity contribution in [1.29, 1.82) is 5.26 Å². The monoisotopic (exact) mass is 354 g/mol. The van der Waals surface area contributed by atoms with Gasteiger partial charge in [0.05, 0.1) is 18.2 Å². The number of alkyl carbamates (subject to hydrolysis) is 1. The number of carbonyl (C=O) groups excluding carboxylic acids is 1. The van der Waals surface area contributed by atoms with Crippen LogP contribution in [0.5, 0.6) is 0 Å². The van der Waals surface area contributed by atoms with E-state index < -0.39 is 0 Å². The maximum Gasteiger partial charge on any atom is 0.407 e. The topological polar surface area (TPSA) is 81.2 Å². The van der Waals surface area contributed by atoms with E-state index in [4.69, 9.17) is 10.00 Å². The zero-order valence-electron chi connectivity index (χ0n) is 15.4. The molecular formula is C20H26N4O2. The molecule has 0 spiro atoms. The lowest BCUT2D eigenvalue weighted by Crippen LogP contribution is -2.36. The van der Waals surface area contributed by atoms with Crippen molar-refractivity contribution < 1.29 is 9.53 Å². The van der Waals surface area contributed by atoms with Crippen LogP contribution in [-0.4, -0.2) is 48.8 Å². The summed E-state index contributed by atoms with van der Waals surface area (Å²) in [5.74, 6) is 1.17. The number of carbonyl (C=O) groups is 1. The summed E-state index contributed by atoms with van der Waals surface area (Å²) in [6.07, 6.45) is 2.92. The van der Waals surface area contributed by atoms with Crippen molar-refractivity contribution in [2.45, 2.75) is 26.2 Å². The summed E-state index contributed by atoms with van der Waals surface area (Å²) in [6.45, 7) is 7.75. The largest absolute Gasteiger partial charge is 0.450 e. The summed E-state index contributed by atoms with van der Waals surface area (Å²) in [6, 6.07) is 8.04. The Morgan fingerprint density at radius 1 is 1.46 bits per heavy atom. The zero-order chi connectivity index (χ0) is 18.5. The quantitative estimate of drug-likeness (QED) is 0.763. The number of benzene rings is 1. The van der Waals surface area contributed by atoms with E-state index in [-0.39, 0.29) is 6.09 Å². The van der Waals surface area contributed by atoms with Crippen LogP contribution in [0.1, 0.15) is 37.3 Å². The lowest BCUT2D eigenvalue weighted by molar-refractivity contribution is 0.150. The van der Waals surface area contributed by atoms with Crippen LogP contribution in [-0.2, 0) is 4.74 Å². The first kappa shape index (κ1) is 18.3. The third kappa shape index (κ3) is 4.17. The molecule has 1 aromatic heterocycles. The van der Waals surface area contributed by atoms with E-state index in [0.29, 0.717) is 30.6 Å². The van der Waals surface area contributed by atoms with Crippen molar-refractivity contribution in [3.8, 4) is 6.07 Å². The molecule has 2 atom stereocenters. The average molecular weight is 354 g/mol. The third-order valence-electron chi connectivity index (χ3n) is 5.08. The summed E-state index contributed by atoms with van der Waals surface area (Å²) >= 11 is 0. The van der Waals surface area contributed by atoms with Gasteiger partial charge in [-0.3, -0.25) is 0 Å². The predicted octanol–water partition coefficient (Wildman–Crippen LogP) is 3.21. The minimum absolute atomic E-state index is 0.347. The molecule has 6 heteroatoms. The number of nitriles is 1. The van der Waals surface area contributed by atoms with Gasteiger partial charge in [-0.15, -0.1) is 0 Å². The molecule has 1 aromatic carbocycles. The SMILES string of the molecule is CCOC(=O)NCCN(CC)CC1CC1c1c[nH]c2ccc(C#N)cc12. The Bertz CT molecular complexity index is 808. The first-order valence-corrected chi connectivity index (χ1v) is 9.30. The maximum absolute atomic E-state index is 11.4. The molecule has 1 heterocycles. The second kappa shape index (κ2) is 8.24. The third-order valence-corrected chi connectivity index (χ3v) is 5.08. The molecule has 0 radical (unpaired) electrons. The summed E-state index contributed by atoms with van der Waals surface area (Å²) in [4.78, 5) is 17.0. The van der Waals surface area contributed by atoms with Crippen LogP contribution in [0.4, 0.5) is 4.79 Å². The lowest BCUT2D eigenvalue weighted by atomic mass is 10.1. The molecule has 138 valence electrons. The fraction of sp³-hybridized carbons (Fsp3) is 0.500. The number of nitrogens with zero attached hydrogens (tertiary/aromatic N) is 2. The molecule has 2 unspecified atom stereocenters. The summed E-state index contributed by atoms with van der Waals surface area (Å²) in [5.41, 5.74) is 3.12. The number of likely N-dealkylation sites (N-methyl/N-ethyl adjacent to an activating group) is 1. The van der Waals surface area contributed by atoms with Crippen LogP contribution in [0.15, 0.2) is 24.4 Å². The van der Waals surface area contributed by atoms with Crippen molar-refractivity contribution >= 4 is 17.0 Å². The Morgan fingerprint density at radius 3 is 3.04 bits per heavy atom. The van der Waals surface area contributed by atoms with Crippen LogP contribution < -0.4 is 5.32 Å². The summed E-state index contributed by atoms with van der Waals surface area (Å²) in [7, 11) is 0. The number of aromatic nitrogens is 1. The number of amides is 1. The van der Waals surface area contributed by atoms with Crippen molar-refractivity contribution in [1.82, 2.24) is 15.2 Å². The number of aromatic amines is 1. The van der Waals surface area contributed by atoms with Crippen molar-refractivity contribution in [2.24, 2.45) is 5.92 Å². The van der Waals surface area contributed by atoms with E-state index in [1.165, 1.54) is 17.4 Å². The van der Waals surface area contributed by atoms with E-state index in [1.54, 1.807) is 6.92 Å². The number of fused-ring (bicyclic) bond motifs is 1. The van der Waals surface area contributed by atoms with Gasteiger partial charge in [0.1, 0.15) is 0 Å². The van der Waals surface area contributed by atoms with Gasteiger partial charge in [0.2, 0.25) is 0 Å². The van der Waals surface area contributed by atoms with Gasteiger partial charge in [-0.2, -0.15) is 5.26 Å². The molecule has 1 aliphatic carbocycles. The van der Waals surface area contributed by atoms with Gasteiger partial charge in [0.25, 0.3) is 0 Å². The first-order chi connectivity index (χ1) is 12.7. The van der Waals surface area contributed by atoms with E-state index in [2.05, 4.69) is 34.4 Å². The van der Waals surface area contributed by atoms with E-state index in [0.717, 1.165) is 25.2 Å². The van der Waals surface area contributed by atoms with Crippen LogP contribution in [0.25, 0.3) is 10.9 Å². The molecule has 1 fully saturated rings. The molecule has 0 bridgehead atoms. The molecule has 26 heavy (non-hydrogen) atoms. The lowest BCUT2D eigenvalue weighted by Gasteiger charge is -2.20. The van der Waals surface area contributed by atoms with Gasteiger partial charge in [-0.25, -0.2) is 4.79 Å². The van der Waals surface area contributed by atoms with E-state index in [1.807, 2.05) is 18.2 Å². The van der Waals surface area contributed by atoms with Gasteiger partial charge in [-0.1, -0.05) is 6.92 Å². The summed E-state index contributed by atoms with van der Waals surface area (Å²) < 4.78 is 4.88. The van der Waals surface area contributed by atoms with Crippen LogP contribution in [0.3, 0.4) is 0 Å². The number of hydrogen-bond donors (Lipinski definition) is 2. The van der Waals surface area contributed by atoms with E-state index in [9.17, 15) is 4.79 Å². The zero-order valence-corrected chi connectivity index (χ0v) is 15.4. The predicted molar refractivity (Wildman–Crippen MR) is 101 cm³/mol. The molecule has 1 amide bonds. The second-order valence-corrected chi connectivity index (χ2v) is 6.76. The number of hydrogen-bond acceptors (Lipinski definition) is 4. The molecule has 0 saturated heterocycles. The minimum Gasteiger partial charge on any atom is -0.450 e. The molecule has 3 rings (SSSR count). The number of nitrogens with one attached hydrogen (secondary N) is 2. The van der Waals surface area contributed by atoms with Crippen LogP contribution in [0.2, 0.25) is 0 Å². The fourth-order valence-corrected chi connectivity index (χ4v) is 3.56. The highest BCUT2D eigenvalue weighted by atomic mass is 16.5. The Kier molecular flexibility index (Phi) is 5.79. The molecular weight excluding hydrogens is 328 g/mol. The number of ether oxygens (including phenoxy) is 1. The first-order valence-electron chi connectivity index (χ1n) is 9.30. The molecule has 0 aliphatic heterocycles. The average Bonchev–Trinajstić information content (AvgIpc) is 3.28. The molecule has 2 aromatic rings. The fourth-order valence-electron chi connectivity index (χ4n) is 3.56. The summed E-state index contributed by atoms with van der Waals surface area (Å²) in [5, 5.41) is 13.1. The molecule has 1 saturated carbocycles. The molecule has 1 aliphatic rings. The second-order valence-electron chi connectivity index (χ2n) is 6.76. The van der Waals surface area contributed by atoms with Crippen LogP contribution in [0, 0.1) is 17.2 Å². The van der Waals surface area contributed by atoms with Gasteiger partial charge in [0.15, 0.2) is 0 Å². The highest BCUT2D eigenvalue weighted by Crippen LogP contribution is 2.49. The van der Waals surface area contributed by atoms with Crippen LogP contribution >= 0.6 is 0 Å². The highest BCUT2D eigenvalue weighted by Gasteiger charge is 2.40. The smallest absolute Gasteiger partial charge is 0.407 e. The standard InChI is InChI=1S/C20H26N4O2/c1-3-24(8-7-22-20(25)26-4-2)13-15-10-16(15)18-12-23-19-6-5-14(11-21)9-17(18)19/h5-6,9,12,15-16,23H,3-4,7-8,10,13H2,1-2H3,(H,22,25). The van der Waals surface area contributed by atoms with Gasteiger partial charge in [0, 0.05) is 36.7 Å². The Balaban J connectivity index is 1.55. The van der Waals surface area contributed by atoms with Crippen molar-refractivity contribution in [3.05, 3.63) is 35.5 Å². The maximum atomic E-state index is 11.4. The van der Waals surface area contributed by atoms with Gasteiger partial charge in [-0.05, 0) is 55.5 Å². The molecule has 2 N–H and O–H groups in total. The van der Waals surface area contributed by atoms with Crippen molar-refractivity contribution in [3.63, 3.8) is 0 Å². The van der Waals surface area contributed by atoms with Gasteiger partial charge < -0.3 is 19.9 Å². The number of H-pyrrole nitrogens is 1. The minimum atomic E-state index is -0.347. The van der Waals surface area contributed by atoms with Crippen molar-refractivity contribution in [2.75, 3.05) is 32.8 Å². The normalized spacial score (nSPS) is 18.7. The number of rotatable bonds is 8. The van der Waals surface area contributed by atoms with Gasteiger partial charge >= 0.3 is 6.09 Å². The van der Waals surface area contributed by atoms with E-state index >= 15 is 0 Å². The Hall–Kier alpha value is -2.52. The highest BCUT2D eigenvalue weighted by molar-refractivity contribution is 5.85. The Morgan fingerprint density at radius 2 is 2.31 bits per heavy atom.